The second-order valence-electron chi connectivity index (χ2n) is 4.11. The molecule has 0 aliphatic carbocycles. The molecule has 1 amide bonds. The van der Waals surface area contributed by atoms with Crippen LogP contribution in [0.25, 0.3) is 0 Å². The van der Waals surface area contributed by atoms with Crippen molar-refractivity contribution >= 4 is 24.0 Å². The van der Waals surface area contributed by atoms with Gasteiger partial charge in [-0.05, 0) is 6.92 Å². The van der Waals surface area contributed by atoms with E-state index in [0.717, 1.165) is 19.2 Å². The lowest BCUT2D eigenvalue weighted by atomic mass is 10.0. The summed E-state index contributed by atoms with van der Waals surface area (Å²) in [4.78, 5) is 11.7. The van der Waals surface area contributed by atoms with E-state index in [9.17, 15) is 13.6 Å². The van der Waals surface area contributed by atoms with Gasteiger partial charge in [0.15, 0.2) is 17.4 Å². The molecule has 0 spiro atoms. The minimum absolute atomic E-state index is 0. The number of rotatable bonds is 4. The Morgan fingerprint density at radius 1 is 1.32 bits per heavy atom. The molecule has 7 heteroatoms. The summed E-state index contributed by atoms with van der Waals surface area (Å²) in [5.74, 6) is -3.08. The zero-order chi connectivity index (χ0) is 13.9. The lowest BCUT2D eigenvalue weighted by Crippen LogP contribution is -2.34. The third kappa shape index (κ3) is 4.33. The van der Waals surface area contributed by atoms with Crippen molar-refractivity contribution in [3.8, 4) is 5.75 Å². The maximum atomic E-state index is 13.4. The van der Waals surface area contributed by atoms with Gasteiger partial charge in [0, 0.05) is 23.9 Å². The van der Waals surface area contributed by atoms with Gasteiger partial charge in [-0.25, -0.2) is 8.78 Å². The second kappa shape index (κ2) is 7.25. The van der Waals surface area contributed by atoms with Gasteiger partial charge in [-0.2, -0.15) is 0 Å². The molecule has 3 N–H and O–H groups in total. The maximum Gasteiger partial charge on any atom is 0.228 e. The molecule has 0 saturated heterocycles. The molecule has 19 heavy (non-hydrogen) atoms. The molecule has 0 saturated carbocycles. The van der Waals surface area contributed by atoms with Gasteiger partial charge < -0.3 is 15.8 Å². The van der Waals surface area contributed by atoms with Crippen molar-refractivity contribution in [2.75, 3.05) is 12.4 Å². The highest BCUT2D eigenvalue weighted by molar-refractivity contribution is 5.92. The van der Waals surface area contributed by atoms with Gasteiger partial charge in [0.2, 0.25) is 5.91 Å². The highest BCUT2D eigenvalue weighted by Crippen LogP contribution is 2.25. The molecular formula is C12H17ClF2N2O2. The van der Waals surface area contributed by atoms with Crippen molar-refractivity contribution in [2.24, 2.45) is 11.7 Å². The first-order chi connectivity index (χ1) is 8.36. The molecule has 2 atom stereocenters. The summed E-state index contributed by atoms with van der Waals surface area (Å²) in [7, 11) is 1.16. The van der Waals surface area contributed by atoms with Crippen LogP contribution in [0.2, 0.25) is 0 Å². The molecule has 108 valence electrons. The molecule has 0 bridgehead atoms. The second-order valence-corrected chi connectivity index (χ2v) is 4.11. The Balaban J connectivity index is 0.00000324. The number of nitrogens with one attached hydrogen (secondary N) is 1. The Morgan fingerprint density at radius 2 is 1.79 bits per heavy atom. The summed E-state index contributed by atoms with van der Waals surface area (Å²) in [5.41, 5.74) is 5.60. The standard InChI is InChI=1S/C12H16F2N2O2.ClH/c1-6(7(2)15)12(17)16-8-4-9(13)11(18-3)10(14)5-8;/h4-7H,15H2,1-3H3,(H,16,17);1H. The summed E-state index contributed by atoms with van der Waals surface area (Å²) in [6.45, 7) is 3.32. The van der Waals surface area contributed by atoms with Crippen molar-refractivity contribution in [2.45, 2.75) is 19.9 Å². The number of ether oxygens (including phenoxy) is 1. The van der Waals surface area contributed by atoms with E-state index in [0.29, 0.717) is 0 Å². The van der Waals surface area contributed by atoms with Gasteiger partial charge in [0.05, 0.1) is 13.0 Å². The van der Waals surface area contributed by atoms with Gasteiger partial charge in [0.1, 0.15) is 0 Å². The molecule has 0 heterocycles. The zero-order valence-corrected chi connectivity index (χ0v) is 11.7. The van der Waals surface area contributed by atoms with Crippen LogP contribution in [-0.2, 0) is 4.79 Å². The summed E-state index contributed by atoms with van der Waals surface area (Å²) in [6.07, 6.45) is 0. The van der Waals surface area contributed by atoms with E-state index in [1.54, 1.807) is 13.8 Å². The molecule has 1 aromatic rings. The molecule has 0 radical (unpaired) electrons. The van der Waals surface area contributed by atoms with Crippen LogP contribution in [-0.4, -0.2) is 19.1 Å². The van der Waals surface area contributed by atoms with E-state index < -0.39 is 29.2 Å². The van der Waals surface area contributed by atoms with Crippen LogP contribution in [0.15, 0.2) is 12.1 Å². The number of carbonyl (C=O) groups is 1. The number of anilines is 1. The Labute approximate surface area is 116 Å². The molecule has 0 fully saturated rings. The SMILES string of the molecule is COc1c(F)cc(NC(=O)C(C)C(C)N)cc1F.Cl. The Bertz CT molecular complexity index is 432. The van der Waals surface area contributed by atoms with Crippen molar-refractivity contribution in [3.63, 3.8) is 0 Å². The van der Waals surface area contributed by atoms with Crippen LogP contribution in [0.1, 0.15) is 13.8 Å². The van der Waals surface area contributed by atoms with E-state index in [1.165, 1.54) is 0 Å². The van der Waals surface area contributed by atoms with Gasteiger partial charge in [-0.1, -0.05) is 6.92 Å². The van der Waals surface area contributed by atoms with Gasteiger partial charge >= 0.3 is 0 Å². The van der Waals surface area contributed by atoms with Crippen LogP contribution in [0, 0.1) is 17.6 Å². The highest BCUT2D eigenvalue weighted by atomic mass is 35.5. The molecule has 0 aromatic heterocycles. The number of carbonyl (C=O) groups excluding carboxylic acids is 1. The number of hydrogen-bond acceptors (Lipinski definition) is 3. The average Bonchev–Trinajstić information content (AvgIpc) is 2.27. The summed E-state index contributed by atoms with van der Waals surface area (Å²) in [5, 5.41) is 2.40. The lowest BCUT2D eigenvalue weighted by molar-refractivity contribution is -0.119. The molecular weight excluding hydrogens is 278 g/mol. The molecule has 4 nitrogen and oxygen atoms in total. The van der Waals surface area contributed by atoms with Crippen molar-refractivity contribution in [1.82, 2.24) is 0 Å². The predicted molar refractivity (Wildman–Crippen MR) is 71.6 cm³/mol. The van der Waals surface area contributed by atoms with E-state index in [1.807, 2.05) is 0 Å². The predicted octanol–water partition coefficient (Wildman–Crippen LogP) is 2.32. The molecule has 1 rings (SSSR count). The van der Waals surface area contributed by atoms with E-state index in [4.69, 9.17) is 5.73 Å². The van der Waals surface area contributed by atoms with Crippen LogP contribution >= 0.6 is 12.4 Å². The fourth-order valence-electron chi connectivity index (χ4n) is 1.32. The summed E-state index contributed by atoms with van der Waals surface area (Å²) in [6, 6.07) is 1.64. The van der Waals surface area contributed by atoms with Crippen molar-refractivity contribution in [1.29, 1.82) is 0 Å². The minimum Gasteiger partial charge on any atom is -0.491 e. The quantitative estimate of drug-likeness (QED) is 0.896. The number of methoxy groups -OCH3 is 1. The Morgan fingerprint density at radius 3 is 2.16 bits per heavy atom. The first-order valence-corrected chi connectivity index (χ1v) is 5.46. The fraction of sp³-hybridized carbons (Fsp3) is 0.417. The number of nitrogens with two attached hydrogens (primary N) is 1. The van der Waals surface area contributed by atoms with E-state index in [2.05, 4.69) is 10.1 Å². The molecule has 2 unspecified atom stereocenters. The van der Waals surface area contributed by atoms with E-state index >= 15 is 0 Å². The fourth-order valence-corrected chi connectivity index (χ4v) is 1.32. The summed E-state index contributed by atoms with van der Waals surface area (Å²) >= 11 is 0. The number of halogens is 3. The first kappa shape index (κ1) is 17.6. The molecule has 0 aliphatic heterocycles. The maximum absolute atomic E-state index is 13.4. The van der Waals surface area contributed by atoms with Gasteiger partial charge in [-0.15, -0.1) is 12.4 Å². The van der Waals surface area contributed by atoms with Crippen LogP contribution < -0.4 is 15.8 Å². The van der Waals surface area contributed by atoms with E-state index in [-0.39, 0.29) is 24.1 Å². The molecule has 1 aromatic carbocycles. The third-order valence-electron chi connectivity index (χ3n) is 2.67. The monoisotopic (exact) mass is 294 g/mol. The topological polar surface area (TPSA) is 64.3 Å². The third-order valence-corrected chi connectivity index (χ3v) is 2.67. The van der Waals surface area contributed by atoms with Gasteiger partial charge in [0.25, 0.3) is 0 Å². The van der Waals surface area contributed by atoms with Crippen molar-refractivity contribution in [3.05, 3.63) is 23.8 Å². The van der Waals surface area contributed by atoms with Crippen LogP contribution in [0.5, 0.6) is 5.75 Å². The van der Waals surface area contributed by atoms with Crippen LogP contribution in [0.3, 0.4) is 0 Å². The zero-order valence-electron chi connectivity index (χ0n) is 10.9. The van der Waals surface area contributed by atoms with Gasteiger partial charge in [-0.3, -0.25) is 4.79 Å². The normalized spacial score (nSPS) is 13.2. The highest BCUT2D eigenvalue weighted by Gasteiger charge is 2.19. The Hall–Kier alpha value is -1.40. The largest absolute Gasteiger partial charge is 0.491 e. The molecule has 0 aliphatic rings. The minimum atomic E-state index is -0.874. The first-order valence-electron chi connectivity index (χ1n) is 5.46. The lowest BCUT2D eigenvalue weighted by Gasteiger charge is -2.15. The number of benzene rings is 1. The van der Waals surface area contributed by atoms with Crippen LogP contribution in [0.4, 0.5) is 14.5 Å². The Kier molecular flexibility index (Phi) is 6.72. The average molecular weight is 295 g/mol. The van der Waals surface area contributed by atoms with Crippen molar-refractivity contribution < 1.29 is 18.3 Å². The summed E-state index contributed by atoms with van der Waals surface area (Å²) < 4.78 is 31.3. The smallest absolute Gasteiger partial charge is 0.228 e. The number of hydrogen-bond donors (Lipinski definition) is 2. The number of amides is 1.